The minimum atomic E-state index is -0.744. The summed E-state index contributed by atoms with van der Waals surface area (Å²) in [5, 5.41) is 10.5. The van der Waals surface area contributed by atoms with E-state index in [0.29, 0.717) is 5.56 Å². The SMILES string of the molecule is COC1(C(O)Cc2cc(F)cc(F)c2)CCCCCC1. The Morgan fingerprint density at radius 1 is 1.10 bits per heavy atom. The molecule has 1 fully saturated rings. The van der Waals surface area contributed by atoms with E-state index in [1.165, 1.54) is 12.1 Å². The van der Waals surface area contributed by atoms with Crippen LogP contribution in [0.3, 0.4) is 0 Å². The lowest BCUT2D eigenvalue weighted by molar-refractivity contribution is -0.111. The van der Waals surface area contributed by atoms with Gasteiger partial charge >= 0.3 is 0 Å². The second-order valence-electron chi connectivity index (χ2n) is 5.68. The van der Waals surface area contributed by atoms with E-state index < -0.39 is 23.3 Å². The topological polar surface area (TPSA) is 29.5 Å². The molecule has 1 aliphatic carbocycles. The summed E-state index contributed by atoms with van der Waals surface area (Å²) in [6.07, 6.45) is 5.38. The molecule has 0 heterocycles. The molecule has 0 saturated heterocycles. The van der Waals surface area contributed by atoms with Crippen LogP contribution in [0.4, 0.5) is 8.78 Å². The molecule has 0 aromatic heterocycles. The number of rotatable bonds is 4. The van der Waals surface area contributed by atoms with E-state index in [1.54, 1.807) is 7.11 Å². The number of aliphatic hydroxyl groups is 1. The van der Waals surface area contributed by atoms with Gasteiger partial charge in [-0.25, -0.2) is 8.78 Å². The highest BCUT2D eigenvalue weighted by molar-refractivity contribution is 5.19. The average Bonchev–Trinajstić information content (AvgIpc) is 2.63. The summed E-state index contributed by atoms with van der Waals surface area (Å²) in [5.41, 5.74) is -0.116. The van der Waals surface area contributed by atoms with E-state index in [4.69, 9.17) is 4.74 Å². The Balaban J connectivity index is 2.13. The van der Waals surface area contributed by atoms with Crippen LogP contribution in [0.1, 0.15) is 44.1 Å². The van der Waals surface area contributed by atoms with Crippen LogP contribution in [0.5, 0.6) is 0 Å². The third kappa shape index (κ3) is 3.55. The standard InChI is InChI=1S/C16H22F2O2/c1-20-16(6-4-2-3-5-7-16)15(19)10-12-8-13(17)11-14(18)9-12/h8-9,11,15,19H,2-7,10H2,1H3. The maximum Gasteiger partial charge on any atom is 0.126 e. The van der Waals surface area contributed by atoms with Crippen LogP contribution in [0, 0.1) is 11.6 Å². The zero-order chi connectivity index (χ0) is 14.6. The molecule has 20 heavy (non-hydrogen) atoms. The Morgan fingerprint density at radius 2 is 1.65 bits per heavy atom. The molecule has 1 atom stereocenters. The predicted octanol–water partition coefficient (Wildman–Crippen LogP) is 3.61. The molecule has 0 spiro atoms. The van der Waals surface area contributed by atoms with E-state index in [9.17, 15) is 13.9 Å². The average molecular weight is 284 g/mol. The first-order valence-corrected chi connectivity index (χ1v) is 7.24. The Kier molecular flexibility index (Phi) is 5.11. The first-order chi connectivity index (χ1) is 9.55. The first kappa shape index (κ1) is 15.4. The smallest absolute Gasteiger partial charge is 0.126 e. The molecule has 0 aliphatic heterocycles. The monoisotopic (exact) mass is 284 g/mol. The van der Waals surface area contributed by atoms with Gasteiger partial charge in [-0.2, -0.15) is 0 Å². The number of aliphatic hydroxyl groups excluding tert-OH is 1. The summed E-state index contributed by atoms with van der Waals surface area (Å²) in [4.78, 5) is 0. The lowest BCUT2D eigenvalue weighted by Crippen LogP contribution is -2.45. The van der Waals surface area contributed by atoms with Gasteiger partial charge in [0.1, 0.15) is 11.6 Å². The van der Waals surface area contributed by atoms with E-state index in [0.717, 1.165) is 44.6 Å². The number of hydrogen-bond acceptors (Lipinski definition) is 2. The predicted molar refractivity (Wildman–Crippen MR) is 73.5 cm³/mol. The maximum atomic E-state index is 13.2. The summed E-state index contributed by atoms with van der Waals surface area (Å²) in [6, 6.07) is 3.38. The molecule has 1 aromatic rings. The van der Waals surface area contributed by atoms with Crippen LogP contribution in [-0.2, 0) is 11.2 Å². The molecular formula is C16H22F2O2. The minimum Gasteiger partial charge on any atom is -0.390 e. The molecule has 4 heteroatoms. The Bertz CT molecular complexity index is 420. The molecule has 1 aromatic carbocycles. The van der Waals surface area contributed by atoms with Crippen molar-refractivity contribution in [3.63, 3.8) is 0 Å². The molecule has 112 valence electrons. The number of methoxy groups -OCH3 is 1. The van der Waals surface area contributed by atoms with Gasteiger partial charge in [0.2, 0.25) is 0 Å². The lowest BCUT2D eigenvalue weighted by Gasteiger charge is -2.36. The van der Waals surface area contributed by atoms with Crippen molar-refractivity contribution in [1.29, 1.82) is 0 Å². The molecule has 0 bridgehead atoms. The van der Waals surface area contributed by atoms with Gasteiger partial charge in [0.05, 0.1) is 11.7 Å². The van der Waals surface area contributed by atoms with Gasteiger partial charge in [0.15, 0.2) is 0 Å². The third-order valence-electron chi connectivity index (χ3n) is 4.32. The zero-order valence-corrected chi connectivity index (χ0v) is 11.9. The zero-order valence-electron chi connectivity index (χ0n) is 11.9. The highest BCUT2D eigenvalue weighted by Gasteiger charge is 2.38. The number of halogens is 2. The van der Waals surface area contributed by atoms with Gasteiger partial charge < -0.3 is 9.84 Å². The fourth-order valence-corrected chi connectivity index (χ4v) is 3.14. The molecule has 1 aliphatic rings. The quantitative estimate of drug-likeness (QED) is 0.856. The number of hydrogen-bond donors (Lipinski definition) is 1. The fourth-order valence-electron chi connectivity index (χ4n) is 3.14. The summed E-state index contributed by atoms with van der Waals surface area (Å²) in [7, 11) is 1.61. The van der Waals surface area contributed by atoms with Gasteiger partial charge in [0.25, 0.3) is 0 Å². The van der Waals surface area contributed by atoms with Crippen LogP contribution in [0.2, 0.25) is 0 Å². The molecule has 2 rings (SSSR count). The van der Waals surface area contributed by atoms with Crippen molar-refractivity contribution in [3.05, 3.63) is 35.4 Å². The van der Waals surface area contributed by atoms with Crippen molar-refractivity contribution in [2.45, 2.75) is 56.7 Å². The Labute approximate surface area is 118 Å². The summed E-state index contributed by atoms with van der Waals surface area (Å²) < 4.78 is 32.0. The van der Waals surface area contributed by atoms with Gasteiger partial charge in [-0.15, -0.1) is 0 Å². The van der Waals surface area contributed by atoms with Crippen molar-refractivity contribution >= 4 is 0 Å². The first-order valence-electron chi connectivity index (χ1n) is 7.24. The lowest BCUT2D eigenvalue weighted by atomic mass is 9.85. The largest absolute Gasteiger partial charge is 0.390 e. The van der Waals surface area contributed by atoms with Crippen LogP contribution in [-0.4, -0.2) is 23.9 Å². The molecule has 0 radical (unpaired) electrons. The molecule has 1 N–H and O–H groups in total. The Hall–Kier alpha value is -1.00. The van der Waals surface area contributed by atoms with Crippen molar-refractivity contribution < 1.29 is 18.6 Å². The van der Waals surface area contributed by atoms with Crippen LogP contribution >= 0.6 is 0 Å². The summed E-state index contributed by atoms with van der Waals surface area (Å²) >= 11 is 0. The second-order valence-corrected chi connectivity index (χ2v) is 5.68. The van der Waals surface area contributed by atoms with E-state index in [2.05, 4.69) is 0 Å². The number of benzene rings is 1. The van der Waals surface area contributed by atoms with E-state index >= 15 is 0 Å². The highest BCUT2D eigenvalue weighted by Crippen LogP contribution is 2.34. The van der Waals surface area contributed by atoms with Crippen LogP contribution < -0.4 is 0 Å². The molecular weight excluding hydrogens is 262 g/mol. The third-order valence-corrected chi connectivity index (χ3v) is 4.32. The number of ether oxygens (including phenoxy) is 1. The summed E-state index contributed by atoms with van der Waals surface area (Å²) in [6.45, 7) is 0. The normalized spacial score (nSPS) is 20.4. The molecule has 1 unspecified atom stereocenters. The van der Waals surface area contributed by atoms with Gasteiger partial charge in [-0.1, -0.05) is 25.7 Å². The fraction of sp³-hybridized carbons (Fsp3) is 0.625. The minimum absolute atomic E-state index is 0.211. The van der Waals surface area contributed by atoms with Crippen molar-refractivity contribution in [3.8, 4) is 0 Å². The van der Waals surface area contributed by atoms with Crippen molar-refractivity contribution in [1.82, 2.24) is 0 Å². The second kappa shape index (κ2) is 6.64. The molecule has 1 saturated carbocycles. The Morgan fingerprint density at radius 3 is 2.15 bits per heavy atom. The van der Waals surface area contributed by atoms with Gasteiger partial charge in [0, 0.05) is 19.6 Å². The van der Waals surface area contributed by atoms with Crippen molar-refractivity contribution in [2.75, 3.05) is 7.11 Å². The van der Waals surface area contributed by atoms with Crippen LogP contribution in [0.25, 0.3) is 0 Å². The van der Waals surface area contributed by atoms with Crippen molar-refractivity contribution in [2.24, 2.45) is 0 Å². The molecule has 2 nitrogen and oxygen atoms in total. The molecule has 0 amide bonds. The maximum absolute atomic E-state index is 13.2. The van der Waals surface area contributed by atoms with Crippen LogP contribution in [0.15, 0.2) is 18.2 Å². The highest BCUT2D eigenvalue weighted by atomic mass is 19.1. The van der Waals surface area contributed by atoms with Gasteiger partial charge in [-0.05, 0) is 30.5 Å². The summed E-state index contributed by atoms with van der Waals surface area (Å²) in [5.74, 6) is -1.22. The van der Waals surface area contributed by atoms with E-state index in [-0.39, 0.29) is 6.42 Å². The van der Waals surface area contributed by atoms with E-state index in [1.807, 2.05) is 0 Å². The van der Waals surface area contributed by atoms with Gasteiger partial charge in [-0.3, -0.25) is 0 Å².